The molecule has 1 amide bonds. The molecule has 2 aromatic carbocycles. The Kier molecular flexibility index (Phi) is 3.38. The summed E-state index contributed by atoms with van der Waals surface area (Å²) in [6.45, 7) is 6.23. The zero-order valence-electron chi connectivity index (χ0n) is 14.2. The van der Waals surface area contributed by atoms with Crippen LogP contribution in [-0.4, -0.2) is 21.8 Å². The van der Waals surface area contributed by atoms with Crippen LogP contribution in [0.15, 0.2) is 54.6 Å². The molecule has 24 heavy (non-hydrogen) atoms. The first kappa shape index (κ1) is 14.9. The summed E-state index contributed by atoms with van der Waals surface area (Å²) in [5, 5.41) is 1.00. The van der Waals surface area contributed by atoms with Crippen LogP contribution in [0.2, 0.25) is 0 Å². The van der Waals surface area contributed by atoms with Gasteiger partial charge < -0.3 is 4.90 Å². The normalized spacial score (nSPS) is 16.9. The van der Waals surface area contributed by atoms with Gasteiger partial charge in [0, 0.05) is 17.0 Å². The van der Waals surface area contributed by atoms with Gasteiger partial charge in [0.05, 0.1) is 22.8 Å². The molecule has 1 atom stereocenters. The van der Waals surface area contributed by atoms with E-state index in [0.717, 1.165) is 27.7 Å². The van der Waals surface area contributed by atoms with Crippen molar-refractivity contribution >= 4 is 16.8 Å². The van der Waals surface area contributed by atoms with Gasteiger partial charge in [0.2, 0.25) is 0 Å². The van der Waals surface area contributed by atoms with Gasteiger partial charge in [0.1, 0.15) is 0 Å². The molecule has 0 saturated heterocycles. The lowest BCUT2D eigenvalue weighted by Gasteiger charge is -2.32. The molecule has 3 nitrogen and oxygen atoms in total. The average Bonchev–Trinajstić information content (AvgIpc) is 2.68. The number of amides is 1. The predicted octanol–water partition coefficient (Wildman–Crippen LogP) is 4.83. The molecule has 0 saturated carbocycles. The van der Waals surface area contributed by atoms with Crippen LogP contribution in [0.5, 0.6) is 0 Å². The second-order valence-electron chi connectivity index (χ2n) is 6.65. The lowest BCUT2D eigenvalue weighted by Crippen LogP contribution is -2.38. The zero-order valence-corrected chi connectivity index (χ0v) is 14.2. The number of pyridine rings is 1. The maximum atomic E-state index is 13.3. The van der Waals surface area contributed by atoms with Crippen LogP contribution in [0.3, 0.4) is 0 Å². The summed E-state index contributed by atoms with van der Waals surface area (Å²) in [4.78, 5) is 20.1. The van der Waals surface area contributed by atoms with Crippen molar-refractivity contribution in [1.82, 2.24) is 9.88 Å². The van der Waals surface area contributed by atoms with Gasteiger partial charge in [0.15, 0.2) is 0 Å². The van der Waals surface area contributed by atoms with Crippen molar-refractivity contribution in [2.24, 2.45) is 0 Å². The van der Waals surface area contributed by atoms with Crippen molar-refractivity contribution in [2.45, 2.75) is 32.9 Å². The standard InChI is InChI=1S/C21H20N2O/c1-13(2)23-14(3)16-9-5-6-10-17(16)20-18(21(23)24)12-15-8-4-7-11-19(15)22-20/h4-14H,1-3H3/t14-/m0/s1. The van der Waals surface area contributed by atoms with E-state index < -0.39 is 0 Å². The van der Waals surface area contributed by atoms with E-state index in [4.69, 9.17) is 4.98 Å². The lowest BCUT2D eigenvalue weighted by atomic mass is 9.97. The molecule has 3 aromatic rings. The SMILES string of the molecule is CC(C)N1C(=O)c2cc3ccccc3nc2-c2ccccc2[C@@H]1C. The minimum Gasteiger partial charge on any atom is -0.329 e. The highest BCUT2D eigenvalue weighted by Crippen LogP contribution is 2.39. The van der Waals surface area contributed by atoms with E-state index in [1.54, 1.807) is 0 Å². The van der Waals surface area contributed by atoms with Crippen molar-refractivity contribution in [3.8, 4) is 11.3 Å². The van der Waals surface area contributed by atoms with Gasteiger partial charge in [-0.15, -0.1) is 0 Å². The quantitative estimate of drug-likeness (QED) is 0.644. The van der Waals surface area contributed by atoms with Crippen LogP contribution in [0.1, 0.15) is 42.7 Å². The molecule has 0 N–H and O–H groups in total. The minimum atomic E-state index is 0.0195. The first-order valence-corrected chi connectivity index (χ1v) is 8.39. The molecule has 2 heterocycles. The number of carbonyl (C=O) groups is 1. The Labute approximate surface area is 141 Å². The minimum absolute atomic E-state index is 0.0195. The molecule has 0 fully saturated rings. The highest BCUT2D eigenvalue weighted by atomic mass is 16.2. The zero-order chi connectivity index (χ0) is 16.8. The number of para-hydroxylation sites is 1. The number of nitrogens with zero attached hydrogens (tertiary/aromatic N) is 2. The average molecular weight is 316 g/mol. The molecular weight excluding hydrogens is 296 g/mol. The molecule has 120 valence electrons. The number of carbonyl (C=O) groups excluding carboxylic acids is 1. The van der Waals surface area contributed by atoms with E-state index >= 15 is 0 Å². The Bertz CT molecular complexity index is 945. The monoisotopic (exact) mass is 316 g/mol. The number of fused-ring (bicyclic) bond motifs is 4. The fraction of sp³-hybridized carbons (Fsp3) is 0.238. The van der Waals surface area contributed by atoms with Crippen LogP contribution in [0, 0.1) is 0 Å². The van der Waals surface area contributed by atoms with Gasteiger partial charge in [0.25, 0.3) is 5.91 Å². The maximum Gasteiger partial charge on any atom is 0.256 e. The van der Waals surface area contributed by atoms with Gasteiger partial charge in [-0.1, -0.05) is 42.5 Å². The van der Waals surface area contributed by atoms with Crippen LogP contribution < -0.4 is 0 Å². The van der Waals surface area contributed by atoms with E-state index in [9.17, 15) is 4.79 Å². The Morgan fingerprint density at radius 1 is 1.00 bits per heavy atom. The third-order valence-electron chi connectivity index (χ3n) is 4.83. The topological polar surface area (TPSA) is 33.2 Å². The Morgan fingerprint density at radius 3 is 2.50 bits per heavy atom. The van der Waals surface area contributed by atoms with Gasteiger partial charge in [-0.05, 0) is 38.5 Å². The third-order valence-corrected chi connectivity index (χ3v) is 4.83. The van der Waals surface area contributed by atoms with Crippen LogP contribution in [0.25, 0.3) is 22.2 Å². The predicted molar refractivity (Wildman–Crippen MR) is 96.9 cm³/mol. The second-order valence-corrected chi connectivity index (χ2v) is 6.65. The van der Waals surface area contributed by atoms with Gasteiger partial charge in [-0.3, -0.25) is 4.79 Å². The van der Waals surface area contributed by atoms with Gasteiger partial charge in [-0.2, -0.15) is 0 Å². The Morgan fingerprint density at radius 2 is 1.71 bits per heavy atom. The summed E-state index contributed by atoms with van der Waals surface area (Å²) in [5.74, 6) is 0.0574. The van der Waals surface area contributed by atoms with Gasteiger partial charge >= 0.3 is 0 Å². The fourth-order valence-electron chi connectivity index (χ4n) is 3.71. The molecule has 0 radical (unpaired) electrons. The fourth-order valence-corrected chi connectivity index (χ4v) is 3.71. The molecule has 0 unspecified atom stereocenters. The first-order valence-electron chi connectivity index (χ1n) is 8.39. The van der Waals surface area contributed by atoms with E-state index in [1.165, 1.54) is 0 Å². The van der Waals surface area contributed by atoms with Crippen LogP contribution in [0.4, 0.5) is 0 Å². The summed E-state index contributed by atoms with van der Waals surface area (Å²) in [6.07, 6.45) is 0. The molecule has 1 aliphatic heterocycles. The summed E-state index contributed by atoms with van der Waals surface area (Å²) < 4.78 is 0. The highest BCUT2D eigenvalue weighted by molar-refractivity contribution is 6.05. The Balaban J connectivity index is 2.09. The highest BCUT2D eigenvalue weighted by Gasteiger charge is 2.33. The van der Waals surface area contributed by atoms with E-state index in [2.05, 4.69) is 32.9 Å². The van der Waals surface area contributed by atoms with Crippen LogP contribution in [-0.2, 0) is 0 Å². The number of benzene rings is 2. The molecule has 1 aliphatic rings. The number of hydrogen-bond donors (Lipinski definition) is 0. The second kappa shape index (κ2) is 5.45. The molecule has 0 aliphatic carbocycles. The molecule has 4 rings (SSSR count). The third kappa shape index (κ3) is 2.12. The van der Waals surface area contributed by atoms with Crippen molar-refractivity contribution in [3.63, 3.8) is 0 Å². The van der Waals surface area contributed by atoms with Crippen LogP contribution >= 0.6 is 0 Å². The summed E-state index contributed by atoms with van der Waals surface area (Å²) in [6, 6.07) is 18.3. The van der Waals surface area contributed by atoms with E-state index in [1.807, 2.05) is 47.4 Å². The molecular formula is C21H20N2O. The Hall–Kier alpha value is -2.68. The largest absolute Gasteiger partial charge is 0.329 e. The first-order chi connectivity index (χ1) is 11.6. The summed E-state index contributed by atoms with van der Waals surface area (Å²) in [7, 11) is 0. The molecule has 0 spiro atoms. The van der Waals surface area contributed by atoms with Crippen molar-refractivity contribution in [1.29, 1.82) is 0 Å². The number of rotatable bonds is 1. The maximum absolute atomic E-state index is 13.3. The van der Waals surface area contributed by atoms with Crippen molar-refractivity contribution in [3.05, 3.63) is 65.7 Å². The lowest BCUT2D eigenvalue weighted by molar-refractivity contribution is 0.0630. The van der Waals surface area contributed by atoms with Crippen molar-refractivity contribution < 1.29 is 4.79 Å². The number of hydrogen-bond acceptors (Lipinski definition) is 2. The molecule has 0 bridgehead atoms. The number of aromatic nitrogens is 1. The summed E-state index contributed by atoms with van der Waals surface area (Å²) in [5.41, 5.74) is 4.62. The summed E-state index contributed by atoms with van der Waals surface area (Å²) >= 11 is 0. The molecule has 1 aromatic heterocycles. The van der Waals surface area contributed by atoms with Gasteiger partial charge in [-0.25, -0.2) is 4.98 Å². The molecule has 3 heteroatoms. The smallest absolute Gasteiger partial charge is 0.256 e. The van der Waals surface area contributed by atoms with E-state index in [0.29, 0.717) is 5.56 Å². The van der Waals surface area contributed by atoms with Crippen molar-refractivity contribution in [2.75, 3.05) is 0 Å². The van der Waals surface area contributed by atoms with E-state index in [-0.39, 0.29) is 18.0 Å².